The molecule has 7 aromatic rings. The number of likely N-dealkylation sites (tertiary alicyclic amines) is 2. The smallest absolute Gasteiger partial charge is 0.407 e. The van der Waals surface area contributed by atoms with Crippen molar-refractivity contribution in [1.29, 1.82) is 0 Å². The van der Waals surface area contributed by atoms with Crippen molar-refractivity contribution in [1.82, 2.24) is 40.4 Å². The number of H-pyrrole nitrogens is 2. The molecule has 4 amide bonds. The number of benzene rings is 4. The van der Waals surface area contributed by atoms with Crippen LogP contribution in [0.1, 0.15) is 77.1 Å². The van der Waals surface area contributed by atoms with Gasteiger partial charge in [0.1, 0.15) is 34.9 Å². The molecular weight excluding hydrogens is 825 g/mol. The third kappa shape index (κ3) is 8.15. The number of amides is 4. The number of ether oxygens (including phenoxy) is 2. The second-order valence-electron chi connectivity index (χ2n) is 17.7. The number of imidazole rings is 2. The molecule has 0 aliphatic carbocycles. The summed E-state index contributed by atoms with van der Waals surface area (Å²) in [7, 11) is 2.58. The molecule has 2 saturated heterocycles. The average molecular weight is 879 g/mol. The molecule has 2 aliphatic rings. The van der Waals surface area contributed by atoms with E-state index in [0.717, 1.165) is 104 Å². The first kappa shape index (κ1) is 43.1. The molecule has 2 fully saturated rings. The van der Waals surface area contributed by atoms with Crippen LogP contribution in [-0.2, 0) is 19.1 Å². The van der Waals surface area contributed by atoms with Crippen molar-refractivity contribution in [2.45, 2.75) is 77.5 Å². The van der Waals surface area contributed by atoms with E-state index in [-0.39, 0.29) is 35.7 Å². The number of nitrogens with one attached hydrogen (secondary N) is 4. The van der Waals surface area contributed by atoms with Crippen molar-refractivity contribution in [3.8, 4) is 44.8 Å². The molecule has 4 aromatic heterocycles. The molecule has 0 spiro atoms. The van der Waals surface area contributed by atoms with Gasteiger partial charge in [-0.25, -0.2) is 19.6 Å². The minimum Gasteiger partial charge on any atom is -0.456 e. The summed E-state index contributed by atoms with van der Waals surface area (Å²) in [5.41, 5.74) is 9.52. The van der Waals surface area contributed by atoms with Crippen molar-refractivity contribution < 1.29 is 33.1 Å². The Morgan fingerprint density at radius 1 is 0.600 bits per heavy atom. The fourth-order valence-electron chi connectivity index (χ4n) is 9.55. The van der Waals surface area contributed by atoms with Gasteiger partial charge >= 0.3 is 12.2 Å². The second-order valence-corrected chi connectivity index (χ2v) is 17.7. The van der Waals surface area contributed by atoms with Crippen LogP contribution in [0, 0.1) is 11.8 Å². The van der Waals surface area contributed by atoms with Gasteiger partial charge in [-0.05, 0) is 83.0 Å². The summed E-state index contributed by atoms with van der Waals surface area (Å²) in [4.78, 5) is 71.4. The van der Waals surface area contributed by atoms with Gasteiger partial charge in [-0.2, -0.15) is 0 Å². The van der Waals surface area contributed by atoms with Gasteiger partial charge in [0.05, 0.1) is 50.1 Å². The fraction of sp³-hybridized carbons (Fsp3) is 0.360. The van der Waals surface area contributed by atoms with Crippen molar-refractivity contribution in [2.24, 2.45) is 11.8 Å². The highest BCUT2D eigenvalue weighted by Crippen LogP contribution is 2.44. The zero-order chi connectivity index (χ0) is 45.5. The minimum absolute atomic E-state index is 0.115. The van der Waals surface area contributed by atoms with Gasteiger partial charge in [0.2, 0.25) is 11.8 Å². The number of aromatic amines is 2. The van der Waals surface area contributed by atoms with Crippen molar-refractivity contribution >= 4 is 45.9 Å². The Hall–Kier alpha value is -7.16. The van der Waals surface area contributed by atoms with Crippen LogP contribution in [0.5, 0.6) is 0 Å². The lowest BCUT2D eigenvalue weighted by Crippen LogP contribution is -2.51. The van der Waals surface area contributed by atoms with E-state index < -0.39 is 24.3 Å². The molecule has 9 rings (SSSR count). The number of nitrogens with zero attached hydrogens (tertiary/aromatic N) is 4. The summed E-state index contributed by atoms with van der Waals surface area (Å²) in [6.45, 7) is 8.79. The maximum atomic E-state index is 13.7. The number of methoxy groups -OCH3 is 2. The largest absolute Gasteiger partial charge is 0.456 e. The van der Waals surface area contributed by atoms with Crippen molar-refractivity contribution in [3.63, 3.8) is 0 Å². The standard InChI is InChI=1S/C50H54N8O7/c1-27(2)43(55-49(61)63-5)47(59)57-23-7-9-37(57)45-51-25-35(53-45)31-15-11-29(12-16-31)33-19-20-34(42-40-22-21-39(65-40)41(33)42)30-13-17-32(18-14-30)36-26-52-46(54-36)38-10-8-24-58(38)48(60)44(28(3)4)56-50(62)64-6/h11-22,25-28,37-38,43-44H,7-10,23-24H2,1-6H3,(H,51,53)(H,52,54)(H,55,61)(H,56,62). The molecular formula is C50H54N8O7. The van der Waals surface area contributed by atoms with Crippen molar-refractivity contribution in [2.75, 3.05) is 27.3 Å². The number of hydrogen-bond acceptors (Lipinski definition) is 9. The van der Waals surface area contributed by atoms with Crippen molar-refractivity contribution in [3.05, 3.63) is 96.8 Å². The average Bonchev–Trinajstić information content (AvgIpc) is 4.19. The summed E-state index contributed by atoms with van der Waals surface area (Å²) >= 11 is 0. The minimum atomic E-state index is -0.699. The Bertz CT molecular complexity index is 2650. The molecule has 4 N–H and O–H groups in total. The Balaban J connectivity index is 0.919. The SMILES string of the molecule is COC(=O)NC(C(=O)N1CCCC1c1ncc(-c2ccc(-c3ccc(-c4ccc(-c5cnc(C6CCCN6C(=O)C(NC(=O)OC)C(C)C)[nH]5)cc4)c4c5ccc(o5)c34)cc2)[nH]1)C(C)C. The molecule has 2 bridgehead atoms. The molecule has 15 heteroatoms. The maximum Gasteiger partial charge on any atom is 0.407 e. The molecule has 15 nitrogen and oxygen atoms in total. The molecule has 6 heterocycles. The first-order chi connectivity index (χ1) is 31.4. The number of fused-ring (bicyclic) bond motifs is 5. The highest BCUT2D eigenvalue weighted by molar-refractivity contribution is 6.19. The summed E-state index contributed by atoms with van der Waals surface area (Å²) in [5, 5.41) is 7.54. The number of carbonyl (C=O) groups excluding carboxylic acids is 4. The van der Waals surface area contributed by atoms with E-state index in [9.17, 15) is 19.2 Å². The van der Waals surface area contributed by atoms with Crippen LogP contribution >= 0.6 is 0 Å². The summed E-state index contributed by atoms with van der Waals surface area (Å²) in [6.07, 6.45) is 5.60. The number of hydrogen-bond donors (Lipinski definition) is 4. The molecule has 336 valence electrons. The molecule has 0 saturated carbocycles. The van der Waals surface area contributed by atoms with Crippen LogP contribution in [0.3, 0.4) is 0 Å². The lowest BCUT2D eigenvalue weighted by molar-refractivity contribution is -0.136. The Kier molecular flexibility index (Phi) is 11.8. The highest BCUT2D eigenvalue weighted by Gasteiger charge is 2.39. The first-order valence-corrected chi connectivity index (χ1v) is 22.3. The normalized spacial score (nSPS) is 17.4. The number of rotatable bonds is 12. The summed E-state index contributed by atoms with van der Waals surface area (Å²) in [5.74, 6) is 0.920. The lowest BCUT2D eigenvalue weighted by atomic mass is 9.91. The molecule has 0 radical (unpaired) electrons. The Labute approximate surface area is 376 Å². The number of carbonyl (C=O) groups is 4. The molecule has 2 aliphatic heterocycles. The van der Waals surface area contributed by atoms with E-state index in [2.05, 4.69) is 81.3 Å². The number of furan rings is 2. The Morgan fingerprint density at radius 3 is 1.35 bits per heavy atom. The topological polar surface area (TPSA) is 188 Å². The van der Waals surface area contributed by atoms with Crippen LogP contribution in [0.25, 0.3) is 66.7 Å². The van der Waals surface area contributed by atoms with Crippen LogP contribution in [-0.4, -0.2) is 93.1 Å². The molecule has 4 unspecified atom stereocenters. The van der Waals surface area contributed by atoms with Gasteiger partial charge in [-0.15, -0.1) is 0 Å². The van der Waals surface area contributed by atoms with Gasteiger partial charge in [0.25, 0.3) is 0 Å². The van der Waals surface area contributed by atoms with Crippen LogP contribution in [0.15, 0.2) is 89.6 Å². The Morgan fingerprint density at radius 2 is 0.985 bits per heavy atom. The second kappa shape index (κ2) is 17.8. The summed E-state index contributed by atoms with van der Waals surface area (Å²) < 4.78 is 15.9. The van der Waals surface area contributed by atoms with E-state index in [0.29, 0.717) is 13.1 Å². The number of alkyl carbamates (subject to hydrolysis) is 2. The number of aromatic nitrogens is 4. The van der Waals surface area contributed by atoms with Crippen LogP contribution < -0.4 is 10.6 Å². The van der Waals surface area contributed by atoms with E-state index in [1.807, 2.05) is 62.0 Å². The zero-order valence-corrected chi connectivity index (χ0v) is 37.4. The van der Waals surface area contributed by atoms with Gasteiger partial charge in [-0.3, -0.25) is 9.59 Å². The van der Waals surface area contributed by atoms with E-state index in [1.165, 1.54) is 14.2 Å². The predicted octanol–water partition coefficient (Wildman–Crippen LogP) is 9.23. The monoisotopic (exact) mass is 878 g/mol. The third-order valence-corrected chi connectivity index (χ3v) is 13.0. The van der Waals surface area contributed by atoms with Gasteiger partial charge < -0.3 is 44.3 Å². The van der Waals surface area contributed by atoms with E-state index >= 15 is 0 Å². The maximum absolute atomic E-state index is 13.7. The first-order valence-electron chi connectivity index (χ1n) is 22.3. The molecule has 65 heavy (non-hydrogen) atoms. The fourth-order valence-corrected chi connectivity index (χ4v) is 9.55. The van der Waals surface area contributed by atoms with Gasteiger partial charge in [-0.1, -0.05) is 88.4 Å². The third-order valence-electron chi connectivity index (χ3n) is 13.0. The zero-order valence-electron chi connectivity index (χ0n) is 37.4. The van der Waals surface area contributed by atoms with E-state index in [4.69, 9.17) is 23.9 Å². The molecule has 4 atom stereocenters. The highest BCUT2D eigenvalue weighted by atomic mass is 16.5. The quantitative estimate of drug-likeness (QED) is 0.0928. The van der Waals surface area contributed by atoms with E-state index in [1.54, 1.807) is 0 Å². The molecule has 3 aromatic carbocycles. The lowest BCUT2D eigenvalue weighted by Gasteiger charge is -2.30. The van der Waals surface area contributed by atoms with Gasteiger partial charge in [0.15, 0.2) is 0 Å². The summed E-state index contributed by atoms with van der Waals surface area (Å²) in [6, 6.07) is 23.3. The van der Waals surface area contributed by atoms with Gasteiger partial charge in [0, 0.05) is 23.9 Å². The predicted molar refractivity (Wildman–Crippen MR) is 247 cm³/mol. The van der Waals surface area contributed by atoms with Crippen LogP contribution in [0.4, 0.5) is 9.59 Å². The van der Waals surface area contributed by atoms with Crippen LogP contribution in [0.2, 0.25) is 0 Å².